The van der Waals surface area contributed by atoms with Gasteiger partial charge in [0.1, 0.15) is 5.69 Å². The predicted octanol–water partition coefficient (Wildman–Crippen LogP) is 3.31. The molecule has 0 saturated heterocycles. The normalized spacial score (nSPS) is 10.8. The molecule has 5 nitrogen and oxygen atoms in total. The van der Waals surface area contributed by atoms with E-state index in [4.69, 9.17) is 5.73 Å². The van der Waals surface area contributed by atoms with Crippen LogP contribution in [0.15, 0.2) is 6.20 Å². The van der Waals surface area contributed by atoms with Crippen LogP contribution in [0.25, 0.3) is 0 Å². The number of carbonyl (C=O) groups excluding carboxylic acids is 1. The van der Waals surface area contributed by atoms with Crippen molar-refractivity contribution >= 4 is 11.6 Å². The molecule has 5 heteroatoms. The van der Waals surface area contributed by atoms with Gasteiger partial charge >= 0.3 is 0 Å². The Morgan fingerprint density at radius 2 is 1.71 bits per heavy atom. The van der Waals surface area contributed by atoms with Crippen molar-refractivity contribution < 1.29 is 4.79 Å². The molecule has 1 rings (SSSR count). The molecule has 0 atom stereocenters. The Hall–Kier alpha value is -1.52. The van der Waals surface area contributed by atoms with Gasteiger partial charge in [-0.1, -0.05) is 39.5 Å². The molecule has 1 amide bonds. The lowest BCUT2D eigenvalue weighted by atomic mass is 10.2. The highest BCUT2D eigenvalue weighted by atomic mass is 16.2. The number of anilines is 1. The van der Waals surface area contributed by atoms with E-state index in [1.54, 1.807) is 10.9 Å². The Bertz CT molecular complexity index is 418. The predicted molar refractivity (Wildman–Crippen MR) is 87.3 cm³/mol. The molecule has 21 heavy (non-hydrogen) atoms. The number of hydrogen-bond acceptors (Lipinski definition) is 3. The summed E-state index contributed by atoms with van der Waals surface area (Å²) in [5.41, 5.74) is 6.97. The second-order valence-electron chi connectivity index (χ2n) is 5.47. The number of aromatic nitrogens is 2. The summed E-state index contributed by atoms with van der Waals surface area (Å²) in [5.74, 6) is 0.0269. The van der Waals surface area contributed by atoms with Crippen LogP contribution < -0.4 is 5.73 Å². The van der Waals surface area contributed by atoms with E-state index < -0.39 is 0 Å². The fraction of sp³-hybridized carbons (Fsp3) is 0.750. The fourth-order valence-corrected chi connectivity index (χ4v) is 2.44. The smallest absolute Gasteiger partial charge is 0.274 e. The minimum absolute atomic E-state index is 0.0269. The molecule has 1 aromatic heterocycles. The second-order valence-corrected chi connectivity index (χ2v) is 5.47. The minimum atomic E-state index is 0.0269. The van der Waals surface area contributed by atoms with Gasteiger partial charge in [0.05, 0.1) is 11.9 Å². The second kappa shape index (κ2) is 9.42. The third kappa shape index (κ3) is 5.06. The van der Waals surface area contributed by atoms with Gasteiger partial charge in [-0.15, -0.1) is 0 Å². The van der Waals surface area contributed by atoms with E-state index in [9.17, 15) is 4.79 Å². The van der Waals surface area contributed by atoms with Crippen LogP contribution in [0.3, 0.4) is 0 Å². The first-order valence-corrected chi connectivity index (χ1v) is 8.26. The van der Waals surface area contributed by atoms with Crippen molar-refractivity contribution in [3.05, 3.63) is 11.9 Å². The summed E-state index contributed by atoms with van der Waals surface area (Å²) < 4.78 is 1.70. The Kier molecular flexibility index (Phi) is 7.87. The van der Waals surface area contributed by atoms with Gasteiger partial charge in [-0.3, -0.25) is 9.48 Å². The van der Waals surface area contributed by atoms with Crippen molar-refractivity contribution in [1.82, 2.24) is 14.7 Å². The number of unbranched alkanes of at least 4 members (excludes halogenated alkanes) is 4. The number of nitrogens with two attached hydrogens (primary N) is 1. The Balaban J connectivity index is 2.79. The van der Waals surface area contributed by atoms with E-state index >= 15 is 0 Å². The Morgan fingerprint density at radius 1 is 1.14 bits per heavy atom. The standard InChI is InChI=1S/C16H30N4O/c1-4-7-9-11-19(12-10-8-5-2)16(21)15-14(17)13-18-20(15)6-3/h13H,4-12,17H2,1-3H3. The van der Waals surface area contributed by atoms with Crippen molar-refractivity contribution in [2.24, 2.45) is 0 Å². The SMILES string of the molecule is CCCCCN(CCCCC)C(=O)c1c(N)cnn1CC. The number of aryl methyl sites for hydroxylation is 1. The molecule has 0 radical (unpaired) electrons. The van der Waals surface area contributed by atoms with Gasteiger partial charge in [-0.25, -0.2) is 0 Å². The first-order valence-electron chi connectivity index (χ1n) is 8.26. The highest BCUT2D eigenvalue weighted by molar-refractivity contribution is 5.97. The lowest BCUT2D eigenvalue weighted by molar-refractivity contribution is 0.0738. The van der Waals surface area contributed by atoms with E-state index in [1.807, 2.05) is 11.8 Å². The summed E-state index contributed by atoms with van der Waals surface area (Å²) in [6, 6.07) is 0. The maximum Gasteiger partial charge on any atom is 0.274 e. The van der Waals surface area contributed by atoms with Crippen LogP contribution in [0.4, 0.5) is 5.69 Å². The Morgan fingerprint density at radius 3 is 2.19 bits per heavy atom. The number of nitrogen functional groups attached to an aromatic ring is 1. The molecule has 0 saturated carbocycles. The van der Waals surface area contributed by atoms with Crippen molar-refractivity contribution in [3.63, 3.8) is 0 Å². The molecular formula is C16H30N4O. The highest BCUT2D eigenvalue weighted by Crippen LogP contribution is 2.15. The molecule has 2 N–H and O–H groups in total. The van der Waals surface area contributed by atoms with Crippen molar-refractivity contribution in [2.45, 2.75) is 65.8 Å². The van der Waals surface area contributed by atoms with Crippen LogP contribution in [0.1, 0.15) is 69.8 Å². The molecule has 0 bridgehead atoms. The summed E-state index contributed by atoms with van der Waals surface area (Å²) >= 11 is 0. The molecule has 0 aliphatic rings. The summed E-state index contributed by atoms with van der Waals surface area (Å²) in [6.07, 6.45) is 8.30. The van der Waals surface area contributed by atoms with E-state index in [0.29, 0.717) is 17.9 Å². The van der Waals surface area contributed by atoms with Gasteiger partial charge < -0.3 is 10.6 Å². The number of hydrogen-bond donors (Lipinski definition) is 1. The molecule has 0 unspecified atom stereocenters. The van der Waals surface area contributed by atoms with Crippen LogP contribution >= 0.6 is 0 Å². The van der Waals surface area contributed by atoms with Crippen molar-refractivity contribution in [1.29, 1.82) is 0 Å². The van der Waals surface area contributed by atoms with E-state index in [0.717, 1.165) is 51.6 Å². The summed E-state index contributed by atoms with van der Waals surface area (Å²) in [4.78, 5) is 14.7. The molecule has 1 heterocycles. The number of nitrogens with zero attached hydrogens (tertiary/aromatic N) is 3. The van der Waals surface area contributed by atoms with Gasteiger partial charge in [0.2, 0.25) is 0 Å². The largest absolute Gasteiger partial charge is 0.396 e. The monoisotopic (exact) mass is 294 g/mol. The van der Waals surface area contributed by atoms with Gasteiger partial charge in [0.15, 0.2) is 0 Å². The van der Waals surface area contributed by atoms with Gasteiger partial charge in [0, 0.05) is 19.6 Å². The zero-order valence-electron chi connectivity index (χ0n) is 13.8. The average molecular weight is 294 g/mol. The summed E-state index contributed by atoms with van der Waals surface area (Å²) in [6.45, 7) is 8.61. The van der Waals surface area contributed by atoms with E-state index in [-0.39, 0.29) is 5.91 Å². The maximum atomic E-state index is 12.8. The number of carbonyl (C=O) groups is 1. The van der Waals surface area contributed by atoms with Crippen LogP contribution in [0.2, 0.25) is 0 Å². The summed E-state index contributed by atoms with van der Waals surface area (Å²) in [5, 5.41) is 4.17. The number of rotatable bonds is 10. The summed E-state index contributed by atoms with van der Waals surface area (Å²) in [7, 11) is 0. The van der Waals surface area contributed by atoms with Gasteiger partial charge in [0.25, 0.3) is 5.91 Å². The van der Waals surface area contributed by atoms with Crippen LogP contribution in [0.5, 0.6) is 0 Å². The lowest BCUT2D eigenvalue weighted by Crippen LogP contribution is -2.35. The van der Waals surface area contributed by atoms with Crippen molar-refractivity contribution in [2.75, 3.05) is 18.8 Å². The molecule has 0 aliphatic heterocycles. The zero-order valence-corrected chi connectivity index (χ0v) is 13.8. The first-order chi connectivity index (χ1) is 10.2. The zero-order chi connectivity index (χ0) is 15.7. The maximum absolute atomic E-state index is 12.8. The van der Waals surface area contributed by atoms with Crippen LogP contribution in [-0.4, -0.2) is 33.7 Å². The fourth-order valence-electron chi connectivity index (χ4n) is 2.44. The van der Waals surface area contributed by atoms with Gasteiger partial charge in [-0.2, -0.15) is 5.10 Å². The molecule has 0 spiro atoms. The van der Waals surface area contributed by atoms with Crippen LogP contribution in [0, 0.1) is 0 Å². The van der Waals surface area contributed by atoms with Crippen molar-refractivity contribution in [3.8, 4) is 0 Å². The lowest BCUT2D eigenvalue weighted by Gasteiger charge is -2.23. The molecule has 0 aliphatic carbocycles. The third-order valence-electron chi connectivity index (χ3n) is 3.72. The quantitative estimate of drug-likeness (QED) is 0.673. The Labute approximate surface area is 128 Å². The van der Waals surface area contributed by atoms with E-state index in [1.165, 1.54) is 0 Å². The van der Waals surface area contributed by atoms with Gasteiger partial charge in [-0.05, 0) is 19.8 Å². The van der Waals surface area contributed by atoms with E-state index in [2.05, 4.69) is 18.9 Å². The molecule has 1 aromatic rings. The molecule has 0 fully saturated rings. The topological polar surface area (TPSA) is 64.2 Å². The molecular weight excluding hydrogens is 264 g/mol. The first kappa shape index (κ1) is 17.5. The number of amides is 1. The average Bonchev–Trinajstić information content (AvgIpc) is 2.86. The van der Waals surface area contributed by atoms with Crippen LogP contribution in [-0.2, 0) is 6.54 Å². The molecule has 120 valence electrons. The molecule has 0 aromatic carbocycles. The third-order valence-corrected chi connectivity index (χ3v) is 3.72. The highest BCUT2D eigenvalue weighted by Gasteiger charge is 2.21. The minimum Gasteiger partial charge on any atom is -0.396 e.